The molecule has 1 radical (unpaired) electrons. The average Bonchev–Trinajstić information content (AvgIpc) is 3.34. The van der Waals surface area contributed by atoms with Crippen LogP contribution in [-0.2, 0) is 19.0 Å². The van der Waals surface area contributed by atoms with E-state index < -0.39 is 11.7 Å². The molecule has 2 nitrogen and oxygen atoms in total. The molecule has 7 heteroatoms. The number of nitrogens with zero attached hydrogens (tertiary/aromatic N) is 1. The summed E-state index contributed by atoms with van der Waals surface area (Å²) in [6.45, 7) is 0. The van der Waals surface area contributed by atoms with E-state index in [1.54, 1.807) is 18.3 Å². The number of hydrogen-bond donors (Lipinski definition) is 1. The molecule has 34 heavy (non-hydrogen) atoms. The minimum Gasteiger partial charge on any atom is -0.348 e. The molecule has 0 aliphatic carbocycles. The minimum atomic E-state index is -4.26. The smallest absolute Gasteiger partial charge is 0.348 e. The lowest BCUT2D eigenvalue weighted by molar-refractivity contribution is -0.138. The Labute approximate surface area is 208 Å². The third-order valence-corrected chi connectivity index (χ3v) is 5.77. The largest absolute Gasteiger partial charge is 0.416 e. The number of H-pyrrole nitrogens is 1. The summed E-state index contributed by atoms with van der Waals surface area (Å²) >= 11 is 3.40. The molecule has 175 valence electrons. The zero-order chi connectivity index (χ0) is 24.2. The van der Waals surface area contributed by atoms with E-state index in [1.807, 2.05) is 48.7 Å². The second-order valence-electron chi connectivity index (χ2n) is 7.85. The van der Waals surface area contributed by atoms with Crippen molar-refractivity contribution in [3.05, 3.63) is 118 Å². The maximum atomic E-state index is 12.8. The van der Waals surface area contributed by atoms with Gasteiger partial charge in [-0.15, -0.1) is 0 Å². The summed E-state index contributed by atoms with van der Waals surface area (Å²) in [4.78, 5) is 7.24. The highest BCUT2D eigenvalue weighted by atomic mass is 79.9. The standard InChI is InChI=1S/C17H17BF3.C10H9BrN2/c19-17(20,21)16-12-5-4-8-14(16)9-6-7-13-18-15-10-2-1-3-11-15;11-9-3-1-8(2-4-9)7-10-12-5-6-13-10/h1-5,8,10-12H,6-7,9,13H2;1-6H,7H2,(H,12,13). The average molecular weight is 526 g/mol. The van der Waals surface area contributed by atoms with Gasteiger partial charge in [0.1, 0.15) is 5.82 Å². The van der Waals surface area contributed by atoms with Crippen molar-refractivity contribution in [1.82, 2.24) is 9.97 Å². The van der Waals surface area contributed by atoms with E-state index in [4.69, 9.17) is 0 Å². The highest BCUT2D eigenvalue weighted by molar-refractivity contribution is 9.10. The van der Waals surface area contributed by atoms with E-state index in [1.165, 1.54) is 11.6 Å². The summed E-state index contributed by atoms with van der Waals surface area (Å²) in [5.74, 6) is 1.00. The van der Waals surface area contributed by atoms with Gasteiger partial charge in [0.05, 0.1) is 5.56 Å². The summed E-state index contributed by atoms with van der Waals surface area (Å²) in [7, 11) is 2.12. The van der Waals surface area contributed by atoms with Gasteiger partial charge in [-0.25, -0.2) is 4.98 Å². The van der Waals surface area contributed by atoms with Crippen LogP contribution >= 0.6 is 15.9 Å². The number of rotatable bonds is 8. The quantitative estimate of drug-likeness (QED) is 0.190. The SMILES string of the molecule is Brc1ccc(Cc2ncc[nH]2)cc1.FC(F)(F)c1ccccc1CCCC[B]c1ccccc1. The Kier molecular flexibility index (Phi) is 10.0. The Morgan fingerprint density at radius 3 is 2.24 bits per heavy atom. The van der Waals surface area contributed by atoms with Crippen LogP contribution in [0.3, 0.4) is 0 Å². The summed E-state index contributed by atoms with van der Waals surface area (Å²) in [5.41, 5.74) is 2.31. The maximum Gasteiger partial charge on any atom is 0.416 e. The molecular formula is C27H26BBrF3N2. The maximum absolute atomic E-state index is 12.8. The number of alkyl halides is 3. The molecular weight excluding hydrogens is 500 g/mol. The van der Waals surface area contributed by atoms with Gasteiger partial charge in [0, 0.05) is 23.3 Å². The van der Waals surface area contributed by atoms with E-state index in [9.17, 15) is 13.2 Å². The van der Waals surface area contributed by atoms with Gasteiger partial charge in [0.25, 0.3) is 0 Å². The summed E-state index contributed by atoms with van der Waals surface area (Å²) in [6.07, 6.45) is 3.23. The van der Waals surface area contributed by atoms with Crippen molar-refractivity contribution in [2.24, 2.45) is 0 Å². The summed E-state index contributed by atoms with van der Waals surface area (Å²) in [5, 5.41) is 0. The molecule has 4 aromatic rings. The predicted molar refractivity (Wildman–Crippen MR) is 137 cm³/mol. The van der Waals surface area contributed by atoms with Crippen LogP contribution in [0.5, 0.6) is 0 Å². The highest BCUT2D eigenvalue weighted by Crippen LogP contribution is 2.32. The van der Waals surface area contributed by atoms with Crippen LogP contribution in [0.4, 0.5) is 13.2 Å². The lowest BCUT2D eigenvalue weighted by Crippen LogP contribution is -2.12. The molecule has 0 unspecified atom stereocenters. The Morgan fingerprint density at radius 2 is 1.56 bits per heavy atom. The van der Waals surface area contributed by atoms with Gasteiger partial charge in [-0.1, -0.05) is 94.8 Å². The highest BCUT2D eigenvalue weighted by Gasteiger charge is 2.32. The number of benzene rings is 3. The monoisotopic (exact) mass is 525 g/mol. The topological polar surface area (TPSA) is 28.7 Å². The number of unbranched alkanes of at least 4 members (excludes halogenated alkanes) is 1. The molecule has 0 spiro atoms. The Bertz CT molecular complexity index is 1100. The van der Waals surface area contributed by atoms with E-state index in [0.717, 1.165) is 47.4 Å². The fourth-order valence-corrected chi connectivity index (χ4v) is 3.79. The molecule has 1 aromatic heterocycles. The molecule has 0 bridgehead atoms. The molecule has 0 amide bonds. The van der Waals surface area contributed by atoms with Crippen LogP contribution in [0.25, 0.3) is 0 Å². The molecule has 0 saturated carbocycles. The molecule has 0 aliphatic heterocycles. The fraction of sp³-hybridized carbons (Fsp3) is 0.222. The van der Waals surface area contributed by atoms with Crippen LogP contribution in [0.2, 0.25) is 6.32 Å². The molecule has 0 atom stereocenters. The molecule has 4 rings (SSSR count). The second kappa shape index (κ2) is 13.2. The van der Waals surface area contributed by atoms with Crippen molar-refractivity contribution in [3.63, 3.8) is 0 Å². The first kappa shape index (κ1) is 25.8. The van der Waals surface area contributed by atoms with Crippen LogP contribution in [-0.4, -0.2) is 17.2 Å². The zero-order valence-electron chi connectivity index (χ0n) is 18.7. The van der Waals surface area contributed by atoms with Crippen LogP contribution in [0.1, 0.15) is 35.4 Å². The van der Waals surface area contributed by atoms with Gasteiger partial charge in [-0.2, -0.15) is 13.2 Å². The number of aromatic amines is 1. The number of imidazole rings is 1. The predicted octanol–water partition coefficient (Wildman–Crippen LogP) is 7.24. The van der Waals surface area contributed by atoms with Crippen molar-refractivity contribution >= 4 is 28.7 Å². The van der Waals surface area contributed by atoms with E-state index in [-0.39, 0.29) is 0 Å². The first-order valence-corrected chi connectivity index (χ1v) is 12.0. The molecule has 1 heterocycles. The van der Waals surface area contributed by atoms with Crippen molar-refractivity contribution in [1.29, 1.82) is 0 Å². The molecule has 0 fully saturated rings. The molecule has 0 saturated heterocycles. The summed E-state index contributed by atoms with van der Waals surface area (Å²) in [6, 6.07) is 24.1. The van der Waals surface area contributed by atoms with Gasteiger partial charge >= 0.3 is 6.18 Å². The van der Waals surface area contributed by atoms with Gasteiger partial charge in [-0.3, -0.25) is 0 Å². The second-order valence-corrected chi connectivity index (χ2v) is 8.77. The number of aryl methyl sites for hydroxylation is 1. The Morgan fingerprint density at radius 1 is 0.853 bits per heavy atom. The number of nitrogens with one attached hydrogen (secondary N) is 1. The zero-order valence-corrected chi connectivity index (χ0v) is 20.3. The van der Waals surface area contributed by atoms with Crippen molar-refractivity contribution in [2.45, 2.75) is 38.2 Å². The lowest BCUT2D eigenvalue weighted by atomic mass is 9.66. The molecule has 0 aliphatic rings. The number of halogens is 4. The third kappa shape index (κ3) is 8.86. The fourth-order valence-electron chi connectivity index (χ4n) is 3.52. The lowest BCUT2D eigenvalue weighted by Gasteiger charge is -2.12. The van der Waals surface area contributed by atoms with Gasteiger partial charge in [0.2, 0.25) is 0 Å². The Hall–Kier alpha value is -2.80. The third-order valence-electron chi connectivity index (χ3n) is 5.24. The van der Waals surface area contributed by atoms with Crippen LogP contribution < -0.4 is 5.46 Å². The van der Waals surface area contributed by atoms with Gasteiger partial charge in [0.15, 0.2) is 7.28 Å². The minimum absolute atomic E-state index is 0.393. The molecule has 3 aromatic carbocycles. The van der Waals surface area contributed by atoms with Crippen LogP contribution in [0, 0.1) is 0 Å². The Balaban J connectivity index is 0.000000212. The van der Waals surface area contributed by atoms with Crippen LogP contribution in [0.15, 0.2) is 95.7 Å². The van der Waals surface area contributed by atoms with Crippen molar-refractivity contribution < 1.29 is 13.2 Å². The first-order valence-electron chi connectivity index (χ1n) is 11.2. The van der Waals surface area contributed by atoms with E-state index in [0.29, 0.717) is 12.0 Å². The molecule has 1 N–H and O–H groups in total. The van der Waals surface area contributed by atoms with Crippen molar-refractivity contribution in [3.8, 4) is 0 Å². The van der Waals surface area contributed by atoms with Gasteiger partial charge in [-0.05, 0) is 42.2 Å². The first-order chi connectivity index (χ1) is 16.4. The van der Waals surface area contributed by atoms with E-state index in [2.05, 4.69) is 45.3 Å². The van der Waals surface area contributed by atoms with Crippen molar-refractivity contribution in [2.75, 3.05) is 0 Å². The summed E-state index contributed by atoms with van der Waals surface area (Å²) < 4.78 is 39.6. The number of aromatic nitrogens is 2. The number of hydrogen-bond acceptors (Lipinski definition) is 1. The van der Waals surface area contributed by atoms with Gasteiger partial charge < -0.3 is 4.98 Å². The van der Waals surface area contributed by atoms with E-state index >= 15 is 0 Å². The normalized spacial score (nSPS) is 10.9.